The highest BCUT2D eigenvalue weighted by atomic mass is 16.3. The van der Waals surface area contributed by atoms with Gasteiger partial charge in [-0.2, -0.15) is 0 Å². The van der Waals surface area contributed by atoms with E-state index >= 15 is 0 Å². The van der Waals surface area contributed by atoms with Gasteiger partial charge in [0, 0.05) is 12.1 Å². The van der Waals surface area contributed by atoms with Crippen molar-refractivity contribution in [2.24, 2.45) is 5.73 Å². The first-order chi connectivity index (χ1) is 8.63. The Balaban J connectivity index is 2.59. The van der Waals surface area contributed by atoms with Gasteiger partial charge in [0.15, 0.2) is 0 Å². The molecule has 0 fully saturated rings. The van der Waals surface area contributed by atoms with Crippen LogP contribution < -0.4 is 5.73 Å². The molecule has 0 aliphatic heterocycles. The maximum absolute atomic E-state index is 10.1. The second kappa shape index (κ2) is 5.23. The average molecular weight is 240 g/mol. The van der Waals surface area contributed by atoms with E-state index in [9.17, 15) is 5.11 Å². The lowest BCUT2D eigenvalue weighted by Gasteiger charge is -2.14. The molecule has 2 heteroatoms. The van der Waals surface area contributed by atoms with Gasteiger partial charge in [-0.25, -0.2) is 0 Å². The van der Waals surface area contributed by atoms with E-state index in [1.165, 1.54) is 0 Å². The van der Waals surface area contributed by atoms with E-state index in [0.29, 0.717) is 12.3 Å². The molecule has 0 saturated carbocycles. The summed E-state index contributed by atoms with van der Waals surface area (Å²) in [7, 11) is 0. The fourth-order valence-corrected chi connectivity index (χ4v) is 2.06. The predicted octanol–water partition coefficient (Wildman–Crippen LogP) is 3.44. The third kappa shape index (κ3) is 2.39. The number of aromatic hydroxyl groups is 1. The largest absolute Gasteiger partial charge is 0.507 e. The summed E-state index contributed by atoms with van der Waals surface area (Å²) in [5, 5.41) is 10.1. The minimum absolute atomic E-state index is 0.269. The molecule has 2 aromatic rings. The van der Waals surface area contributed by atoms with E-state index in [1.807, 2.05) is 36.4 Å². The van der Waals surface area contributed by atoms with Gasteiger partial charge in [0.05, 0.1) is 0 Å². The van der Waals surface area contributed by atoms with Crippen LogP contribution in [0.1, 0.15) is 30.9 Å². The zero-order chi connectivity index (χ0) is 13.1. The van der Waals surface area contributed by atoms with Gasteiger partial charge in [0.2, 0.25) is 0 Å². The summed E-state index contributed by atoms with van der Waals surface area (Å²) in [6.45, 7) is 4.48. The molecule has 0 unspecified atom stereocenters. The fourth-order valence-electron chi connectivity index (χ4n) is 2.06. The van der Waals surface area contributed by atoms with Crippen LogP contribution in [-0.2, 0) is 6.54 Å². The third-order valence-corrected chi connectivity index (χ3v) is 3.11. The molecular formula is C16H18NO. The van der Waals surface area contributed by atoms with E-state index in [-0.39, 0.29) is 5.92 Å². The summed E-state index contributed by atoms with van der Waals surface area (Å²) in [5.41, 5.74) is 9.65. The Morgan fingerprint density at radius 1 is 1.17 bits per heavy atom. The monoisotopic (exact) mass is 240 g/mol. The van der Waals surface area contributed by atoms with Crippen molar-refractivity contribution < 1.29 is 5.11 Å². The van der Waals surface area contributed by atoms with Crippen LogP contribution in [0.15, 0.2) is 36.4 Å². The molecule has 18 heavy (non-hydrogen) atoms. The van der Waals surface area contributed by atoms with Gasteiger partial charge in [-0.3, -0.25) is 0 Å². The third-order valence-electron chi connectivity index (χ3n) is 3.11. The lowest BCUT2D eigenvalue weighted by Crippen LogP contribution is -2.00. The number of nitrogens with two attached hydrogens (primary N) is 1. The van der Waals surface area contributed by atoms with Crippen molar-refractivity contribution in [2.75, 3.05) is 0 Å². The molecule has 0 aliphatic carbocycles. The Hall–Kier alpha value is -1.80. The molecule has 2 rings (SSSR count). The Bertz CT molecular complexity index is 532. The number of rotatable bonds is 3. The minimum atomic E-state index is 0.269. The Morgan fingerprint density at radius 2 is 1.83 bits per heavy atom. The lowest BCUT2D eigenvalue weighted by atomic mass is 9.93. The van der Waals surface area contributed by atoms with Crippen LogP contribution in [0.2, 0.25) is 0 Å². The number of benzene rings is 2. The van der Waals surface area contributed by atoms with Gasteiger partial charge in [-0.05, 0) is 40.8 Å². The average Bonchev–Trinajstić information content (AvgIpc) is 2.39. The van der Waals surface area contributed by atoms with E-state index in [4.69, 9.17) is 5.73 Å². The highest BCUT2D eigenvalue weighted by Crippen LogP contribution is 2.34. The maximum atomic E-state index is 10.1. The van der Waals surface area contributed by atoms with Crippen molar-refractivity contribution in [3.63, 3.8) is 0 Å². The van der Waals surface area contributed by atoms with Crippen LogP contribution in [0.25, 0.3) is 11.1 Å². The fraction of sp³-hybridized carbons (Fsp3) is 0.250. The summed E-state index contributed by atoms with van der Waals surface area (Å²) < 4.78 is 0. The van der Waals surface area contributed by atoms with Crippen molar-refractivity contribution in [1.29, 1.82) is 0 Å². The zero-order valence-corrected chi connectivity index (χ0v) is 10.8. The zero-order valence-electron chi connectivity index (χ0n) is 10.8. The SMILES string of the molecule is CC(C)c1cc(-c2cc[c]cc2)cc(CN)c1O. The summed E-state index contributed by atoms with van der Waals surface area (Å²) >= 11 is 0. The molecule has 0 aromatic heterocycles. The molecule has 0 aliphatic rings. The van der Waals surface area contributed by atoms with Gasteiger partial charge < -0.3 is 10.8 Å². The molecule has 1 radical (unpaired) electrons. The Labute approximate surface area is 108 Å². The first-order valence-electron chi connectivity index (χ1n) is 6.15. The van der Waals surface area contributed by atoms with Gasteiger partial charge in [0.1, 0.15) is 5.75 Å². The minimum Gasteiger partial charge on any atom is -0.507 e. The molecule has 0 saturated heterocycles. The van der Waals surface area contributed by atoms with Crippen molar-refractivity contribution in [3.05, 3.63) is 53.6 Å². The molecule has 3 N–H and O–H groups in total. The molecule has 2 nitrogen and oxygen atoms in total. The number of hydrogen-bond donors (Lipinski definition) is 2. The van der Waals surface area contributed by atoms with Crippen LogP contribution in [0, 0.1) is 6.07 Å². The molecule has 93 valence electrons. The molecular weight excluding hydrogens is 222 g/mol. The quantitative estimate of drug-likeness (QED) is 0.863. The molecule has 0 spiro atoms. The Kier molecular flexibility index (Phi) is 3.68. The molecule has 0 bridgehead atoms. The van der Waals surface area contributed by atoms with Crippen LogP contribution in [0.4, 0.5) is 0 Å². The molecule has 0 atom stereocenters. The maximum Gasteiger partial charge on any atom is 0.123 e. The van der Waals surface area contributed by atoms with Gasteiger partial charge in [-0.1, -0.05) is 38.1 Å². The topological polar surface area (TPSA) is 46.2 Å². The molecule has 0 amide bonds. The van der Waals surface area contributed by atoms with Crippen molar-refractivity contribution in [3.8, 4) is 16.9 Å². The van der Waals surface area contributed by atoms with Crippen molar-refractivity contribution in [2.45, 2.75) is 26.3 Å². The summed E-state index contributed by atoms with van der Waals surface area (Å²) in [6, 6.07) is 14.8. The standard InChI is InChI=1S/C16H18NO/c1-11(2)15-9-13(8-14(10-17)16(15)18)12-6-4-3-5-7-12/h4-9,11,18H,10,17H2,1-2H3. The van der Waals surface area contributed by atoms with Crippen molar-refractivity contribution in [1.82, 2.24) is 0 Å². The van der Waals surface area contributed by atoms with Gasteiger partial charge in [0.25, 0.3) is 0 Å². The lowest BCUT2D eigenvalue weighted by molar-refractivity contribution is 0.458. The van der Waals surface area contributed by atoms with Crippen LogP contribution in [-0.4, -0.2) is 5.11 Å². The van der Waals surface area contributed by atoms with Gasteiger partial charge in [-0.15, -0.1) is 0 Å². The molecule has 2 aromatic carbocycles. The number of phenolic OH excluding ortho intramolecular Hbond substituents is 1. The van der Waals surface area contributed by atoms with Crippen LogP contribution in [0.3, 0.4) is 0 Å². The predicted molar refractivity (Wildman–Crippen MR) is 74.4 cm³/mol. The second-order valence-electron chi connectivity index (χ2n) is 4.72. The number of phenols is 1. The summed E-state index contributed by atoms with van der Waals surface area (Å²) in [6.07, 6.45) is 0. The summed E-state index contributed by atoms with van der Waals surface area (Å²) in [5.74, 6) is 0.601. The van der Waals surface area contributed by atoms with Gasteiger partial charge >= 0.3 is 0 Å². The Morgan fingerprint density at radius 3 is 2.39 bits per heavy atom. The van der Waals surface area contributed by atoms with Crippen LogP contribution >= 0.6 is 0 Å². The first kappa shape index (κ1) is 12.7. The smallest absolute Gasteiger partial charge is 0.123 e. The normalized spacial score (nSPS) is 10.9. The van der Waals surface area contributed by atoms with E-state index in [2.05, 4.69) is 19.9 Å². The molecule has 0 heterocycles. The van der Waals surface area contributed by atoms with Crippen LogP contribution in [0.5, 0.6) is 5.75 Å². The highest BCUT2D eigenvalue weighted by Gasteiger charge is 2.12. The second-order valence-corrected chi connectivity index (χ2v) is 4.72. The number of hydrogen-bond acceptors (Lipinski definition) is 2. The van der Waals surface area contributed by atoms with E-state index < -0.39 is 0 Å². The van der Waals surface area contributed by atoms with E-state index in [0.717, 1.165) is 22.3 Å². The highest BCUT2D eigenvalue weighted by molar-refractivity contribution is 5.67. The van der Waals surface area contributed by atoms with E-state index in [1.54, 1.807) is 0 Å². The first-order valence-corrected chi connectivity index (χ1v) is 6.15. The van der Waals surface area contributed by atoms with Crippen molar-refractivity contribution >= 4 is 0 Å². The summed E-state index contributed by atoms with van der Waals surface area (Å²) in [4.78, 5) is 0.